The average molecular weight is 248 g/mol. The van der Waals surface area contributed by atoms with Crippen LogP contribution in [0.25, 0.3) is 0 Å². The summed E-state index contributed by atoms with van der Waals surface area (Å²) in [5, 5.41) is 8.81. The summed E-state index contributed by atoms with van der Waals surface area (Å²) < 4.78 is 0. The van der Waals surface area contributed by atoms with E-state index in [4.69, 9.17) is 5.11 Å². The first kappa shape index (κ1) is 13.5. The second-order valence-corrected chi connectivity index (χ2v) is 5.22. The van der Waals surface area contributed by atoms with Gasteiger partial charge in [-0.05, 0) is 31.0 Å². The van der Waals surface area contributed by atoms with E-state index in [0.29, 0.717) is 0 Å². The van der Waals surface area contributed by atoms with Crippen LogP contribution in [0.4, 0.5) is 0 Å². The van der Waals surface area contributed by atoms with Crippen molar-refractivity contribution >= 4 is 0 Å². The van der Waals surface area contributed by atoms with Gasteiger partial charge < -0.3 is 10.0 Å². The number of rotatable bonds is 5. The topological polar surface area (TPSA) is 26.7 Å². The zero-order valence-corrected chi connectivity index (χ0v) is 11.3. The van der Waals surface area contributed by atoms with Crippen molar-refractivity contribution in [2.24, 2.45) is 0 Å². The summed E-state index contributed by atoms with van der Waals surface area (Å²) in [5.41, 5.74) is 2.72. The lowest BCUT2D eigenvalue weighted by Crippen LogP contribution is -2.43. The average Bonchev–Trinajstić information content (AvgIpc) is 2.41. The number of nitrogens with zero attached hydrogens (tertiary/aromatic N) is 2. The number of aryl methyl sites for hydroxylation is 1. The molecule has 0 bridgehead atoms. The van der Waals surface area contributed by atoms with E-state index < -0.39 is 0 Å². The predicted octanol–water partition coefficient (Wildman–Crippen LogP) is 1.36. The van der Waals surface area contributed by atoms with Crippen LogP contribution >= 0.6 is 0 Å². The van der Waals surface area contributed by atoms with Gasteiger partial charge >= 0.3 is 0 Å². The van der Waals surface area contributed by atoms with Crippen LogP contribution in [0.15, 0.2) is 24.3 Å². The first-order chi connectivity index (χ1) is 8.78. The molecule has 0 aromatic heterocycles. The molecule has 1 N–H and O–H groups in total. The Labute approximate surface area is 110 Å². The first-order valence-electron chi connectivity index (χ1n) is 6.87. The van der Waals surface area contributed by atoms with Crippen LogP contribution in [-0.2, 0) is 13.0 Å². The van der Waals surface area contributed by atoms with Crippen molar-refractivity contribution < 1.29 is 5.11 Å². The molecule has 1 aromatic carbocycles. The monoisotopic (exact) mass is 248 g/mol. The summed E-state index contributed by atoms with van der Waals surface area (Å²) in [6, 6.07) is 8.85. The molecule has 3 heteroatoms. The van der Waals surface area contributed by atoms with E-state index in [-0.39, 0.29) is 6.61 Å². The van der Waals surface area contributed by atoms with Gasteiger partial charge in [-0.2, -0.15) is 0 Å². The Hall–Kier alpha value is -0.900. The molecule has 1 heterocycles. The molecule has 0 amide bonds. The highest BCUT2D eigenvalue weighted by Gasteiger charge is 2.13. The Balaban J connectivity index is 1.82. The predicted molar refractivity (Wildman–Crippen MR) is 74.6 cm³/mol. The van der Waals surface area contributed by atoms with Gasteiger partial charge in [0.25, 0.3) is 0 Å². The van der Waals surface area contributed by atoms with Crippen molar-refractivity contribution in [3.8, 4) is 0 Å². The minimum absolute atomic E-state index is 0.281. The van der Waals surface area contributed by atoms with Gasteiger partial charge in [-0.15, -0.1) is 0 Å². The van der Waals surface area contributed by atoms with Crippen LogP contribution in [0.5, 0.6) is 0 Å². The van der Waals surface area contributed by atoms with E-state index in [9.17, 15) is 0 Å². The zero-order chi connectivity index (χ0) is 12.8. The minimum Gasteiger partial charge on any atom is -0.396 e. The molecule has 0 aliphatic carbocycles. The fourth-order valence-corrected chi connectivity index (χ4v) is 2.36. The largest absolute Gasteiger partial charge is 0.396 e. The van der Waals surface area contributed by atoms with Crippen LogP contribution < -0.4 is 0 Å². The summed E-state index contributed by atoms with van der Waals surface area (Å²) in [5.74, 6) is 0. The van der Waals surface area contributed by atoms with E-state index in [1.54, 1.807) is 0 Å². The normalized spacial score (nSPS) is 18.1. The van der Waals surface area contributed by atoms with Crippen LogP contribution in [0.2, 0.25) is 0 Å². The van der Waals surface area contributed by atoms with E-state index >= 15 is 0 Å². The highest BCUT2D eigenvalue weighted by Crippen LogP contribution is 2.10. The molecule has 0 unspecified atom stereocenters. The molecule has 18 heavy (non-hydrogen) atoms. The van der Waals surface area contributed by atoms with E-state index in [2.05, 4.69) is 41.1 Å². The van der Waals surface area contributed by atoms with Gasteiger partial charge in [-0.3, -0.25) is 4.90 Å². The summed E-state index contributed by atoms with van der Waals surface area (Å²) in [4.78, 5) is 4.90. The summed E-state index contributed by atoms with van der Waals surface area (Å²) in [6.45, 7) is 6.03. The lowest BCUT2D eigenvalue weighted by molar-refractivity contribution is 0.148. The summed E-state index contributed by atoms with van der Waals surface area (Å²) in [6.07, 6.45) is 1.84. The van der Waals surface area contributed by atoms with Crippen molar-refractivity contribution in [1.82, 2.24) is 9.80 Å². The van der Waals surface area contributed by atoms with Crippen LogP contribution in [0.1, 0.15) is 17.5 Å². The minimum atomic E-state index is 0.281. The van der Waals surface area contributed by atoms with Gasteiger partial charge in [0.2, 0.25) is 0 Å². The van der Waals surface area contributed by atoms with Gasteiger partial charge in [0, 0.05) is 39.3 Å². The third kappa shape index (κ3) is 4.09. The number of aliphatic hydroxyl groups excluding tert-OH is 1. The molecule has 2 rings (SSSR count). The highest BCUT2D eigenvalue weighted by molar-refractivity contribution is 5.22. The maximum Gasteiger partial charge on any atom is 0.0434 e. The molecule has 0 atom stereocenters. The number of benzene rings is 1. The van der Waals surface area contributed by atoms with Gasteiger partial charge in [0.1, 0.15) is 0 Å². The number of aliphatic hydroxyl groups is 1. The first-order valence-corrected chi connectivity index (χ1v) is 6.87. The molecule has 3 nitrogen and oxygen atoms in total. The van der Waals surface area contributed by atoms with Gasteiger partial charge in [0.05, 0.1) is 0 Å². The molecule has 1 aliphatic heterocycles. The van der Waals surface area contributed by atoms with E-state index in [1.807, 2.05) is 0 Å². The van der Waals surface area contributed by atoms with Crippen molar-refractivity contribution in [3.63, 3.8) is 0 Å². The third-order valence-corrected chi connectivity index (χ3v) is 3.65. The molecule has 0 saturated carbocycles. The lowest BCUT2D eigenvalue weighted by atomic mass is 10.1. The third-order valence-electron chi connectivity index (χ3n) is 3.65. The van der Waals surface area contributed by atoms with Crippen LogP contribution in [-0.4, -0.2) is 54.7 Å². The molecule has 1 fully saturated rings. The number of piperazine rings is 1. The fraction of sp³-hybridized carbons (Fsp3) is 0.600. The second kappa shape index (κ2) is 6.88. The molecule has 100 valence electrons. The summed E-state index contributed by atoms with van der Waals surface area (Å²) >= 11 is 0. The second-order valence-electron chi connectivity index (χ2n) is 5.22. The Kier molecular flexibility index (Phi) is 5.17. The Morgan fingerprint density at radius 2 is 1.61 bits per heavy atom. The fourth-order valence-electron chi connectivity index (χ4n) is 2.36. The molecular weight excluding hydrogens is 224 g/mol. The van der Waals surface area contributed by atoms with Gasteiger partial charge in [-0.25, -0.2) is 0 Å². The number of hydrogen-bond donors (Lipinski definition) is 1. The van der Waals surface area contributed by atoms with Crippen molar-refractivity contribution in [2.45, 2.75) is 19.4 Å². The molecule has 1 saturated heterocycles. The standard InChI is InChI=1S/C15H24N2O/c1-16-8-10-17(11-9-16)13-15-6-4-14(5-7-15)3-2-12-18/h4-7,18H,2-3,8-13H2,1H3. The quantitative estimate of drug-likeness (QED) is 0.852. The molecule has 1 aliphatic rings. The molecule has 0 spiro atoms. The van der Waals surface area contributed by atoms with Crippen molar-refractivity contribution in [1.29, 1.82) is 0 Å². The SMILES string of the molecule is CN1CCN(Cc2ccc(CCCO)cc2)CC1. The lowest BCUT2D eigenvalue weighted by Gasteiger charge is -2.32. The smallest absolute Gasteiger partial charge is 0.0434 e. The highest BCUT2D eigenvalue weighted by atomic mass is 16.2. The summed E-state index contributed by atoms with van der Waals surface area (Å²) in [7, 11) is 2.19. The van der Waals surface area contributed by atoms with Gasteiger partial charge in [-0.1, -0.05) is 24.3 Å². The Morgan fingerprint density at radius 1 is 1.00 bits per heavy atom. The van der Waals surface area contributed by atoms with Crippen LogP contribution in [0, 0.1) is 0 Å². The van der Waals surface area contributed by atoms with Gasteiger partial charge in [0.15, 0.2) is 0 Å². The van der Waals surface area contributed by atoms with Crippen molar-refractivity contribution in [3.05, 3.63) is 35.4 Å². The zero-order valence-electron chi connectivity index (χ0n) is 11.3. The maximum atomic E-state index is 8.81. The number of likely N-dealkylation sites (N-methyl/N-ethyl adjacent to an activating group) is 1. The Morgan fingerprint density at radius 3 is 2.22 bits per heavy atom. The maximum absolute atomic E-state index is 8.81. The van der Waals surface area contributed by atoms with Crippen molar-refractivity contribution in [2.75, 3.05) is 39.8 Å². The Bertz CT molecular complexity index is 342. The molecule has 1 aromatic rings. The molecule has 0 radical (unpaired) electrons. The van der Waals surface area contributed by atoms with E-state index in [1.165, 1.54) is 37.3 Å². The van der Waals surface area contributed by atoms with E-state index in [0.717, 1.165) is 19.4 Å². The number of hydrogen-bond acceptors (Lipinski definition) is 3. The molecular formula is C15H24N2O. The van der Waals surface area contributed by atoms with Crippen LogP contribution in [0.3, 0.4) is 0 Å².